The average Bonchev–Trinajstić information content (AvgIpc) is 2.94. The van der Waals surface area contributed by atoms with Crippen molar-refractivity contribution >= 4 is 26.8 Å². The monoisotopic (exact) mass is 625 g/mol. The molecule has 218 valence electrons. The Kier molecular flexibility index (Phi) is 9.84. The molecule has 0 saturated heterocycles. The van der Waals surface area contributed by atoms with Crippen LogP contribution in [0.1, 0.15) is 48.4 Å². The van der Waals surface area contributed by atoms with Crippen LogP contribution in [0, 0.1) is 12.7 Å². The third kappa shape index (κ3) is 6.63. The summed E-state index contributed by atoms with van der Waals surface area (Å²) in [7, 11) is 5.40. The third-order valence-electron chi connectivity index (χ3n) is 7.09. The molecule has 0 aliphatic carbocycles. The molecular formula is C32H37BrFN3O4. The van der Waals surface area contributed by atoms with Crippen LogP contribution in [0.2, 0.25) is 0 Å². The lowest BCUT2D eigenvalue weighted by molar-refractivity contribution is 0.00230. The minimum Gasteiger partial charge on any atom is -0.481 e. The molecule has 0 aliphatic rings. The second kappa shape index (κ2) is 13.1. The quantitative estimate of drug-likeness (QED) is 0.190. The summed E-state index contributed by atoms with van der Waals surface area (Å²) in [5, 5.41) is 13.8. The summed E-state index contributed by atoms with van der Waals surface area (Å²) in [4.78, 5) is 11.2. The molecule has 0 bridgehead atoms. The van der Waals surface area contributed by atoms with Crippen molar-refractivity contribution in [3.05, 3.63) is 87.1 Å². The van der Waals surface area contributed by atoms with Crippen LogP contribution in [0.3, 0.4) is 0 Å². The Morgan fingerprint density at radius 1 is 0.976 bits per heavy atom. The lowest BCUT2D eigenvalue weighted by atomic mass is 9.71. The van der Waals surface area contributed by atoms with Gasteiger partial charge in [-0.3, -0.25) is 0 Å². The van der Waals surface area contributed by atoms with Gasteiger partial charge in [0.1, 0.15) is 11.4 Å². The minimum atomic E-state index is -1.66. The zero-order valence-electron chi connectivity index (χ0n) is 24.4. The van der Waals surface area contributed by atoms with E-state index in [1.165, 1.54) is 7.11 Å². The fourth-order valence-electron chi connectivity index (χ4n) is 5.12. The van der Waals surface area contributed by atoms with Crippen molar-refractivity contribution in [2.45, 2.75) is 38.7 Å². The number of aliphatic hydroxyl groups is 1. The van der Waals surface area contributed by atoms with Crippen LogP contribution in [-0.2, 0) is 5.60 Å². The number of fused-ring (bicyclic) bond motifs is 1. The summed E-state index contributed by atoms with van der Waals surface area (Å²) in [5.41, 5.74) is 0.898. The molecule has 0 spiro atoms. The molecular weight excluding hydrogens is 589 g/mol. The highest BCUT2D eigenvalue weighted by atomic mass is 79.9. The Bertz CT molecular complexity index is 1490. The van der Waals surface area contributed by atoms with Crippen molar-refractivity contribution in [3.8, 4) is 17.6 Å². The average molecular weight is 627 g/mol. The summed E-state index contributed by atoms with van der Waals surface area (Å²) in [5.74, 6) is -0.389. The van der Waals surface area contributed by atoms with Gasteiger partial charge >= 0.3 is 0 Å². The molecule has 0 fully saturated rings. The van der Waals surface area contributed by atoms with Crippen molar-refractivity contribution in [1.82, 2.24) is 14.9 Å². The smallest absolute Gasteiger partial charge is 0.217 e. The first-order chi connectivity index (χ1) is 19.6. The van der Waals surface area contributed by atoms with Gasteiger partial charge in [0.2, 0.25) is 17.6 Å². The van der Waals surface area contributed by atoms with Gasteiger partial charge in [0, 0.05) is 34.1 Å². The molecule has 0 aliphatic heterocycles. The van der Waals surface area contributed by atoms with Crippen molar-refractivity contribution in [3.63, 3.8) is 0 Å². The molecule has 7 nitrogen and oxygen atoms in total. The summed E-state index contributed by atoms with van der Waals surface area (Å²) in [6.07, 6.45) is 0.249. The van der Waals surface area contributed by atoms with Crippen LogP contribution in [0.25, 0.3) is 10.9 Å². The number of benzene rings is 2. The van der Waals surface area contributed by atoms with E-state index in [1.54, 1.807) is 37.3 Å². The molecule has 4 aromatic rings. The van der Waals surface area contributed by atoms with Gasteiger partial charge in [-0.25, -0.2) is 9.37 Å². The highest BCUT2D eigenvalue weighted by Crippen LogP contribution is 2.49. The first-order valence-electron chi connectivity index (χ1n) is 13.7. The lowest BCUT2D eigenvalue weighted by Crippen LogP contribution is -2.38. The third-order valence-corrected chi connectivity index (χ3v) is 7.58. The zero-order valence-corrected chi connectivity index (χ0v) is 26.0. The van der Waals surface area contributed by atoms with E-state index in [4.69, 9.17) is 19.2 Å². The van der Waals surface area contributed by atoms with Crippen LogP contribution in [0.15, 0.2) is 59.1 Å². The van der Waals surface area contributed by atoms with E-state index in [9.17, 15) is 5.11 Å². The molecule has 1 N–H and O–H groups in total. The van der Waals surface area contributed by atoms with Crippen molar-refractivity contribution in [1.29, 1.82) is 0 Å². The molecule has 2 aromatic heterocycles. The second-order valence-electron chi connectivity index (χ2n) is 10.2. The highest BCUT2D eigenvalue weighted by molar-refractivity contribution is 9.10. The van der Waals surface area contributed by atoms with Gasteiger partial charge in [0.25, 0.3) is 0 Å². The zero-order chi connectivity index (χ0) is 29.7. The molecule has 2 aromatic carbocycles. The summed E-state index contributed by atoms with van der Waals surface area (Å²) in [6, 6.07) is 16.3. The maximum absolute atomic E-state index is 16.1. The molecule has 2 atom stereocenters. The largest absolute Gasteiger partial charge is 0.481 e. The summed E-state index contributed by atoms with van der Waals surface area (Å²) < 4.78 is 34.4. The van der Waals surface area contributed by atoms with Gasteiger partial charge in [-0.05, 0) is 82.2 Å². The van der Waals surface area contributed by atoms with Crippen LogP contribution >= 0.6 is 15.9 Å². The van der Waals surface area contributed by atoms with Crippen LogP contribution in [0.4, 0.5) is 4.39 Å². The van der Waals surface area contributed by atoms with E-state index >= 15 is 4.39 Å². The molecule has 0 radical (unpaired) electrons. The Labute approximate surface area is 249 Å². The van der Waals surface area contributed by atoms with E-state index in [0.29, 0.717) is 59.7 Å². The fraction of sp³-hybridized carbons (Fsp3) is 0.375. The molecule has 0 amide bonds. The fourth-order valence-corrected chi connectivity index (χ4v) is 5.49. The Morgan fingerprint density at radius 3 is 2.27 bits per heavy atom. The normalized spacial score (nSPS) is 13.7. The van der Waals surface area contributed by atoms with Gasteiger partial charge < -0.3 is 24.2 Å². The number of hydrogen-bond donors (Lipinski definition) is 1. The van der Waals surface area contributed by atoms with Crippen molar-refractivity contribution in [2.24, 2.45) is 0 Å². The predicted molar refractivity (Wildman–Crippen MR) is 163 cm³/mol. The molecule has 41 heavy (non-hydrogen) atoms. The van der Waals surface area contributed by atoms with Crippen molar-refractivity contribution < 1.29 is 23.7 Å². The van der Waals surface area contributed by atoms with Crippen LogP contribution in [-0.4, -0.2) is 60.9 Å². The summed E-state index contributed by atoms with van der Waals surface area (Å²) in [6.45, 7) is 6.71. The summed E-state index contributed by atoms with van der Waals surface area (Å²) >= 11 is 3.55. The van der Waals surface area contributed by atoms with Crippen molar-refractivity contribution in [2.75, 3.05) is 41.0 Å². The minimum absolute atomic E-state index is 0.249. The Morgan fingerprint density at radius 2 is 1.66 bits per heavy atom. The number of halogens is 2. The Hall–Kier alpha value is -3.27. The lowest BCUT2D eigenvalue weighted by Gasteiger charge is -2.39. The molecule has 0 unspecified atom stereocenters. The number of methoxy groups -OCH3 is 1. The van der Waals surface area contributed by atoms with E-state index in [-0.39, 0.29) is 6.42 Å². The van der Waals surface area contributed by atoms with Gasteiger partial charge in [-0.1, -0.05) is 34.1 Å². The standard InChI is InChI=1S/C32H37BrFN3O4/c1-7-40-27-18-22(19-28(36-27)41-8-2)32(38,14-15-37(4)5)29(24-11-9-10-20(3)30(24)34)25-17-21-16-23(33)12-13-26(21)35-31(25)39-6/h9-13,16-19,29,38H,7-8,14-15H2,1-6H3/t29-,32-/m1/s1. The second-order valence-corrected chi connectivity index (χ2v) is 11.1. The number of nitrogens with zero attached hydrogens (tertiary/aromatic N) is 3. The highest BCUT2D eigenvalue weighted by Gasteiger charge is 2.44. The Balaban J connectivity index is 2.10. The van der Waals surface area contributed by atoms with E-state index in [1.807, 2.05) is 57.1 Å². The number of hydrogen-bond acceptors (Lipinski definition) is 7. The SMILES string of the molecule is CCOc1cc([C@](O)(CCN(C)C)[C@@H](c2cc3cc(Br)ccc3nc2OC)c2cccc(C)c2F)cc(OCC)n1. The van der Waals surface area contributed by atoms with Crippen LogP contribution in [0.5, 0.6) is 17.6 Å². The van der Waals surface area contributed by atoms with Crippen LogP contribution < -0.4 is 14.2 Å². The number of rotatable bonds is 12. The predicted octanol–water partition coefficient (Wildman–Crippen LogP) is 6.62. The topological polar surface area (TPSA) is 76.9 Å². The number of aryl methyl sites for hydroxylation is 1. The molecule has 9 heteroatoms. The molecule has 0 saturated carbocycles. The van der Waals surface area contributed by atoms with Gasteiger partial charge in [0.15, 0.2) is 0 Å². The first-order valence-corrected chi connectivity index (χ1v) is 14.4. The number of aromatic nitrogens is 2. The molecule has 2 heterocycles. The van der Waals surface area contributed by atoms with Gasteiger partial charge in [0.05, 0.1) is 31.8 Å². The molecule has 4 rings (SSSR count). The van der Waals surface area contributed by atoms with E-state index in [0.717, 1.165) is 15.4 Å². The maximum Gasteiger partial charge on any atom is 0.217 e. The maximum atomic E-state index is 16.1. The number of ether oxygens (including phenoxy) is 3. The number of pyridine rings is 2. The van der Waals surface area contributed by atoms with E-state index in [2.05, 4.69) is 20.9 Å². The van der Waals surface area contributed by atoms with Gasteiger partial charge in [-0.15, -0.1) is 0 Å². The van der Waals surface area contributed by atoms with Gasteiger partial charge in [-0.2, -0.15) is 4.98 Å². The first kappa shape index (κ1) is 30.7. The van der Waals surface area contributed by atoms with E-state index < -0.39 is 17.3 Å².